The van der Waals surface area contributed by atoms with Crippen LogP contribution in [0.3, 0.4) is 0 Å². The first-order chi connectivity index (χ1) is 13.0. The molecule has 2 heterocycles. The number of hydrogen-bond acceptors (Lipinski definition) is 7. The molecule has 0 saturated carbocycles. The van der Waals surface area contributed by atoms with Crippen LogP contribution in [0.15, 0.2) is 34.9 Å². The summed E-state index contributed by atoms with van der Waals surface area (Å²) in [4.78, 5) is 16.1. The molecule has 1 aromatic carbocycles. The smallest absolute Gasteiger partial charge is 0.236 e. The van der Waals surface area contributed by atoms with Gasteiger partial charge < -0.3 is 14.6 Å². The fraction of sp³-hybridized carbons (Fsp3) is 0.333. The largest absolute Gasteiger partial charge is 0.486 e. The first-order valence-electron chi connectivity index (χ1n) is 8.50. The molecule has 142 valence electrons. The van der Waals surface area contributed by atoms with Gasteiger partial charge >= 0.3 is 0 Å². The number of hydrogen-bond donors (Lipinski definition) is 1. The van der Waals surface area contributed by atoms with Gasteiger partial charge in [-0.25, -0.2) is 4.98 Å². The number of aromatic nitrogens is 4. The Morgan fingerprint density at radius 1 is 1.26 bits per heavy atom. The van der Waals surface area contributed by atoms with Crippen molar-refractivity contribution in [1.29, 1.82) is 0 Å². The molecular weight excluding hydrogens is 382 g/mol. The Bertz CT molecular complexity index is 888. The van der Waals surface area contributed by atoms with Crippen LogP contribution < -0.4 is 10.1 Å². The highest BCUT2D eigenvalue weighted by molar-refractivity contribution is 7.99. The van der Waals surface area contributed by atoms with Crippen LogP contribution in [-0.4, -0.2) is 31.4 Å². The number of ether oxygens (including phenoxy) is 1. The minimum absolute atomic E-state index is 0.117. The molecule has 0 radical (unpaired) electrons. The molecule has 9 heteroatoms. The summed E-state index contributed by atoms with van der Waals surface area (Å²) < 4.78 is 7.85. The molecule has 0 atom stereocenters. The van der Waals surface area contributed by atoms with E-state index in [1.54, 1.807) is 6.20 Å². The van der Waals surface area contributed by atoms with Crippen molar-refractivity contribution in [3.8, 4) is 5.75 Å². The Labute approximate surface area is 166 Å². The lowest BCUT2D eigenvalue weighted by Gasteiger charge is -2.10. The highest BCUT2D eigenvalue weighted by Crippen LogP contribution is 2.21. The average Bonchev–Trinajstić information content (AvgIpc) is 3.26. The lowest BCUT2D eigenvalue weighted by molar-refractivity contribution is -0.113. The van der Waals surface area contributed by atoms with Crippen LogP contribution in [0.1, 0.15) is 23.9 Å². The van der Waals surface area contributed by atoms with Crippen LogP contribution in [0.5, 0.6) is 5.75 Å². The number of thiazole rings is 1. The van der Waals surface area contributed by atoms with Gasteiger partial charge in [0, 0.05) is 18.1 Å². The number of amides is 1. The van der Waals surface area contributed by atoms with Crippen molar-refractivity contribution >= 4 is 34.1 Å². The quantitative estimate of drug-likeness (QED) is 0.578. The molecule has 0 saturated heterocycles. The van der Waals surface area contributed by atoms with Crippen LogP contribution in [0.4, 0.5) is 5.13 Å². The first-order valence-corrected chi connectivity index (χ1v) is 10.4. The van der Waals surface area contributed by atoms with Gasteiger partial charge in [0.2, 0.25) is 5.91 Å². The SMILES string of the molecule is CCn1c(COc2cc(C)cc(C)c2)nnc1SCC(=O)Nc1nccs1. The molecule has 1 N–H and O–H groups in total. The Kier molecular flexibility index (Phi) is 6.46. The summed E-state index contributed by atoms with van der Waals surface area (Å²) in [6, 6.07) is 6.10. The summed E-state index contributed by atoms with van der Waals surface area (Å²) in [5.74, 6) is 1.68. The number of thioether (sulfide) groups is 1. The van der Waals surface area contributed by atoms with E-state index >= 15 is 0 Å². The highest BCUT2D eigenvalue weighted by atomic mass is 32.2. The second-order valence-electron chi connectivity index (χ2n) is 5.93. The molecule has 7 nitrogen and oxygen atoms in total. The van der Waals surface area contributed by atoms with Crippen molar-refractivity contribution in [2.45, 2.75) is 39.1 Å². The standard InChI is InChI=1S/C18H21N5O2S2/c1-4-23-15(10-25-14-8-12(2)7-13(3)9-14)21-22-18(23)27-11-16(24)20-17-19-5-6-26-17/h5-9H,4,10-11H2,1-3H3,(H,19,20,24). The fourth-order valence-corrected chi connectivity index (χ4v) is 3.95. The van der Waals surface area contributed by atoms with Crippen molar-refractivity contribution in [2.24, 2.45) is 0 Å². The van der Waals surface area contributed by atoms with E-state index in [4.69, 9.17) is 4.74 Å². The maximum Gasteiger partial charge on any atom is 0.236 e. The zero-order chi connectivity index (χ0) is 19.2. The summed E-state index contributed by atoms with van der Waals surface area (Å²) in [5.41, 5.74) is 2.31. The predicted octanol–water partition coefficient (Wildman–Crippen LogP) is 3.68. The van der Waals surface area contributed by atoms with Crippen LogP contribution in [-0.2, 0) is 17.9 Å². The normalized spacial score (nSPS) is 10.8. The molecule has 3 rings (SSSR count). The van der Waals surface area contributed by atoms with Crippen molar-refractivity contribution in [1.82, 2.24) is 19.7 Å². The first kappa shape index (κ1) is 19.4. The predicted molar refractivity (Wildman–Crippen MR) is 107 cm³/mol. The van der Waals surface area contributed by atoms with E-state index < -0.39 is 0 Å². The summed E-state index contributed by atoms with van der Waals surface area (Å²) in [6.45, 7) is 7.13. The van der Waals surface area contributed by atoms with Crippen molar-refractivity contribution in [3.05, 3.63) is 46.7 Å². The van der Waals surface area contributed by atoms with Gasteiger partial charge in [0.25, 0.3) is 0 Å². The fourth-order valence-electron chi connectivity index (χ4n) is 2.58. The van der Waals surface area contributed by atoms with E-state index in [1.165, 1.54) is 23.1 Å². The molecule has 27 heavy (non-hydrogen) atoms. The molecular formula is C18H21N5O2S2. The number of rotatable bonds is 8. The van der Waals surface area contributed by atoms with Gasteiger partial charge in [-0.15, -0.1) is 21.5 Å². The molecule has 0 fully saturated rings. The van der Waals surface area contributed by atoms with Gasteiger partial charge in [-0.2, -0.15) is 0 Å². The molecule has 1 amide bonds. The number of carbonyl (C=O) groups is 1. The molecule has 0 spiro atoms. The number of aryl methyl sites for hydroxylation is 2. The van der Waals surface area contributed by atoms with E-state index in [-0.39, 0.29) is 11.7 Å². The Balaban J connectivity index is 1.59. The van der Waals surface area contributed by atoms with Crippen LogP contribution >= 0.6 is 23.1 Å². The van der Waals surface area contributed by atoms with Crippen LogP contribution in [0.2, 0.25) is 0 Å². The van der Waals surface area contributed by atoms with E-state index in [1.807, 2.05) is 42.9 Å². The maximum atomic E-state index is 12.0. The van der Waals surface area contributed by atoms with E-state index in [0.717, 1.165) is 22.7 Å². The summed E-state index contributed by atoms with van der Waals surface area (Å²) >= 11 is 2.74. The number of nitrogens with one attached hydrogen (secondary N) is 1. The second-order valence-corrected chi connectivity index (χ2v) is 7.77. The van der Waals surface area contributed by atoms with E-state index in [0.29, 0.717) is 23.4 Å². The van der Waals surface area contributed by atoms with Gasteiger partial charge in [-0.05, 0) is 44.0 Å². The lowest BCUT2D eigenvalue weighted by atomic mass is 10.1. The minimum Gasteiger partial charge on any atom is -0.486 e. The zero-order valence-electron chi connectivity index (χ0n) is 15.4. The van der Waals surface area contributed by atoms with E-state index in [9.17, 15) is 4.79 Å². The molecule has 0 aliphatic rings. The molecule has 0 bridgehead atoms. The molecule has 3 aromatic rings. The monoisotopic (exact) mass is 403 g/mol. The number of anilines is 1. The molecule has 0 aliphatic carbocycles. The second kappa shape index (κ2) is 9.01. The molecule has 0 unspecified atom stereocenters. The van der Waals surface area contributed by atoms with Gasteiger partial charge in [0.1, 0.15) is 12.4 Å². The van der Waals surface area contributed by atoms with Crippen LogP contribution in [0.25, 0.3) is 0 Å². The number of carbonyl (C=O) groups excluding carboxylic acids is 1. The zero-order valence-corrected chi connectivity index (χ0v) is 17.1. The maximum absolute atomic E-state index is 12.0. The average molecular weight is 404 g/mol. The minimum atomic E-state index is -0.117. The number of nitrogens with zero attached hydrogens (tertiary/aromatic N) is 4. The van der Waals surface area contributed by atoms with Crippen molar-refractivity contribution < 1.29 is 9.53 Å². The highest BCUT2D eigenvalue weighted by Gasteiger charge is 2.14. The molecule has 0 aliphatic heterocycles. The number of benzene rings is 1. The van der Waals surface area contributed by atoms with Gasteiger partial charge in [-0.1, -0.05) is 17.8 Å². The van der Waals surface area contributed by atoms with Gasteiger partial charge in [0.15, 0.2) is 16.1 Å². The topological polar surface area (TPSA) is 81.9 Å². The van der Waals surface area contributed by atoms with Gasteiger partial charge in [-0.3, -0.25) is 4.79 Å². The Hall–Kier alpha value is -2.39. The Morgan fingerprint density at radius 3 is 2.70 bits per heavy atom. The van der Waals surface area contributed by atoms with Crippen LogP contribution in [0, 0.1) is 13.8 Å². The van der Waals surface area contributed by atoms with E-state index in [2.05, 4.69) is 26.6 Å². The van der Waals surface area contributed by atoms with Crippen molar-refractivity contribution in [2.75, 3.05) is 11.1 Å². The summed E-state index contributed by atoms with van der Waals surface area (Å²) in [5, 5.41) is 14.3. The third-order valence-electron chi connectivity index (χ3n) is 3.68. The molecule has 2 aromatic heterocycles. The van der Waals surface area contributed by atoms with Crippen molar-refractivity contribution in [3.63, 3.8) is 0 Å². The lowest BCUT2D eigenvalue weighted by Crippen LogP contribution is -2.14. The third kappa shape index (κ3) is 5.30. The Morgan fingerprint density at radius 2 is 2.04 bits per heavy atom. The van der Waals surface area contributed by atoms with Gasteiger partial charge in [0.05, 0.1) is 5.75 Å². The third-order valence-corrected chi connectivity index (χ3v) is 5.34. The summed E-state index contributed by atoms with van der Waals surface area (Å²) in [7, 11) is 0. The summed E-state index contributed by atoms with van der Waals surface area (Å²) in [6.07, 6.45) is 1.66.